The van der Waals surface area contributed by atoms with Gasteiger partial charge in [0.05, 0.1) is 0 Å². The molecule has 0 atom stereocenters. The zero-order valence-electron chi connectivity index (χ0n) is 8.45. The minimum atomic E-state index is 0.701. The van der Waals surface area contributed by atoms with E-state index in [4.69, 9.17) is 5.73 Å². The standard InChI is InChI=1S/C11H17N3/c12-6-5-10-4-3-7-13-11(10)14-8-1-2-9-14/h3-4,7H,1-2,5-6,8-9,12H2. The monoisotopic (exact) mass is 191 g/mol. The van der Waals surface area contributed by atoms with Gasteiger partial charge in [-0.1, -0.05) is 6.07 Å². The van der Waals surface area contributed by atoms with Gasteiger partial charge in [0.25, 0.3) is 0 Å². The maximum atomic E-state index is 5.58. The number of hydrogen-bond donors (Lipinski definition) is 1. The van der Waals surface area contributed by atoms with E-state index in [0.717, 1.165) is 25.3 Å². The molecule has 1 aliphatic rings. The van der Waals surface area contributed by atoms with Crippen LogP contribution in [0.1, 0.15) is 18.4 Å². The summed E-state index contributed by atoms with van der Waals surface area (Å²) in [6, 6.07) is 4.12. The summed E-state index contributed by atoms with van der Waals surface area (Å²) < 4.78 is 0. The Morgan fingerprint density at radius 1 is 1.36 bits per heavy atom. The number of nitrogens with two attached hydrogens (primary N) is 1. The zero-order chi connectivity index (χ0) is 9.80. The summed E-state index contributed by atoms with van der Waals surface area (Å²) in [4.78, 5) is 6.82. The first-order valence-electron chi connectivity index (χ1n) is 5.31. The van der Waals surface area contributed by atoms with Crippen molar-refractivity contribution < 1.29 is 0 Å². The fraction of sp³-hybridized carbons (Fsp3) is 0.545. The van der Waals surface area contributed by atoms with Crippen molar-refractivity contribution in [2.45, 2.75) is 19.3 Å². The molecule has 0 aromatic carbocycles. The van der Waals surface area contributed by atoms with Gasteiger partial charge in [0, 0.05) is 19.3 Å². The van der Waals surface area contributed by atoms with Crippen molar-refractivity contribution >= 4 is 5.82 Å². The van der Waals surface area contributed by atoms with Crippen LogP contribution < -0.4 is 10.6 Å². The number of rotatable bonds is 3. The van der Waals surface area contributed by atoms with Crippen molar-refractivity contribution in [3.05, 3.63) is 23.9 Å². The lowest BCUT2D eigenvalue weighted by Gasteiger charge is -2.19. The Morgan fingerprint density at radius 2 is 2.14 bits per heavy atom. The summed E-state index contributed by atoms with van der Waals surface area (Å²) in [5.41, 5.74) is 6.87. The second-order valence-corrected chi connectivity index (χ2v) is 3.72. The second kappa shape index (κ2) is 4.42. The van der Waals surface area contributed by atoms with Crippen LogP contribution in [0.4, 0.5) is 5.82 Å². The highest BCUT2D eigenvalue weighted by Crippen LogP contribution is 2.21. The predicted octanol–water partition coefficient (Wildman–Crippen LogP) is 1.18. The highest BCUT2D eigenvalue weighted by Gasteiger charge is 2.15. The van der Waals surface area contributed by atoms with Crippen LogP contribution in [0.5, 0.6) is 0 Å². The van der Waals surface area contributed by atoms with Gasteiger partial charge in [-0.05, 0) is 37.4 Å². The molecule has 14 heavy (non-hydrogen) atoms. The lowest BCUT2D eigenvalue weighted by molar-refractivity contribution is 0.891. The third-order valence-electron chi connectivity index (χ3n) is 2.69. The maximum absolute atomic E-state index is 5.58. The zero-order valence-corrected chi connectivity index (χ0v) is 8.45. The van der Waals surface area contributed by atoms with Gasteiger partial charge in [-0.3, -0.25) is 0 Å². The molecule has 1 aromatic heterocycles. The lowest BCUT2D eigenvalue weighted by atomic mass is 10.2. The molecule has 3 nitrogen and oxygen atoms in total. The van der Waals surface area contributed by atoms with E-state index >= 15 is 0 Å². The molecule has 1 aromatic rings. The van der Waals surface area contributed by atoms with Crippen molar-refractivity contribution in [3.8, 4) is 0 Å². The Kier molecular flexibility index (Phi) is 2.99. The Hall–Kier alpha value is -1.09. The molecular formula is C11H17N3. The Labute approximate surface area is 84.9 Å². The summed E-state index contributed by atoms with van der Waals surface area (Å²) in [5.74, 6) is 1.15. The summed E-state index contributed by atoms with van der Waals surface area (Å²) >= 11 is 0. The normalized spacial score (nSPS) is 16.2. The van der Waals surface area contributed by atoms with Gasteiger partial charge in [0.2, 0.25) is 0 Å². The Morgan fingerprint density at radius 3 is 2.86 bits per heavy atom. The topological polar surface area (TPSA) is 42.1 Å². The molecule has 1 saturated heterocycles. The summed E-state index contributed by atoms with van der Waals surface area (Å²) in [5, 5.41) is 0. The van der Waals surface area contributed by atoms with Gasteiger partial charge in [-0.2, -0.15) is 0 Å². The predicted molar refractivity (Wildman–Crippen MR) is 58.4 cm³/mol. The lowest BCUT2D eigenvalue weighted by Crippen LogP contribution is -2.21. The van der Waals surface area contributed by atoms with Gasteiger partial charge < -0.3 is 10.6 Å². The van der Waals surface area contributed by atoms with E-state index in [1.807, 2.05) is 12.3 Å². The molecule has 0 saturated carbocycles. The van der Waals surface area contributed by atoms with E-state index in [9.17, 15) is 0 Å². The fourth-order valence-electron chi connectivity index (χ4n) is 1.99. The van der Waals surface area contributed by atoms with E-state index in [1.54, 1.807) is 0 Å². The van der Waals surface area contributed by atoms with E-state index in [2.05, 4.69) is 16.0 Å². The van der Waals surface area contributed by atoms with E-state index in [1.165, 1.54) is 18.4 Å². The average molecular weight is 191 g/mol. The fourth-order valence-corrected chi connectivity index (χ4v) is 1.99. The molecule has 76 valence electrons. The third-order valence-corrected chi connectivity index (χ3v) is 2.69. The SMILES string of the molecule is NCCc1cccnc1N1CCCC1. The molecule has 0 spiro atoms. The van der Waals surface area contributed by atoms with Crippen molar-refractivity contribution in [2.75, 3.05) is 24.5 Å². The smallest absolute Gasteiger partial charge is 0.131 e. The first-order chi connectivity index (χ1) is 6.92. The molecule has 2 rings (SSSR count). The van der Waals surface area contributed by atoms with Crippen LogP contribution in [0.25, 0.3) is 0 Å². The van der Waals surface area contributed by atoms with Crippen LogP contribution in [0.2, 0.25) is 0 Å². The first-order valence-corrected chi connectivity index (χ1v) is 5.31. The number of aromatic nitrogens is 1. The molecule has 0 bridgehead atoms. The molecule has 0 unspecified atom stereocenters. The molecule has 0 radical (unpaired) electrons. The highest BCUT2D eigenvalue weighted by atomic mass is 15.2. The molecule has 3 heteroatoms. The number of anilines is 1. The van der Waals surface area contributed by atoms with Crippen LogP contribution in [-0.2, 0) is 6.42 Å². The number of hydrogen-bond acceptors (Lipinski definition) is 3. The highest BCUT2D eigenvalue weighted by molar-refractivity contribution is 5.47. The molecule has 2 heterocycles. The third kappa shape index (κ3) is 1.87. The van der Waals surface area contributed by atoms with E-state index in [-0.39, 0.29) is 0 Å². The van der Waals surface area contributed by atoms with Crippen LogP contribution in [0.3, 0.4) is 0 Å². The van der Waals surface area contributed by atoms with Gasteiger partial charge in [-0.15, -0.1) is 0 Å². The average Bonchev–Trinajstić information content (AvgIpc) is 2.72. The van der Waals surface area contributed by atoms with Crippen molar-refractivity contribution in [2.24, 2.45) is 5.73 Å². The largest absolute Gasteiger partial charge is 0.356 e. The molecule has 1 fully saturated rings. The Bertz CT molecular complexity index is 292. The van der Waals surface area contributed by atoms with Crippen molar-refractivity contribution in [3.63, 3.8) is 0 Å². The minimum absolute atomic E-state index is 0.701. The maximum Gasteiger partial charge on any atom is 0.131 e. The molecule has 1 aliphatic heterocycles. The summed E-state index contributed by atoms with van der Waals surface area (Å²) in [6.07, 6.45) is 5.38. The molecule has 2 N–H and O–H groups in total. The van der Waals surface area contributed by atoms with Crippen molar-refractivity contribution in [1.82, 2.24) is 4.98 Å². The molecule has 0 amide bonds. The first kappa shape index (κ1) is 9.46. The minimum Gasteiger partial charge on any atom is -0.356 e. The molecular weight excluding hydrogens is 174 g/mol. The number of pyridine rings is 1. The molecule has 0 aliphatic carbocycles. The van der Waals surface area contributed by atoms with Crippen LogP contribution in [-0.4, -0.2) is 24.6 Å². The van der Waals surface area contributed by atoms with E-state index < -0.39 is 0 Å². The van der Waals surface area contributed by atoms with Gasteiger partial charge in [0.1, 0.15) is 5.82 Å². The van der Waals surface area contributed by atoms with Gasteiger partial charge in [0.15, 0.2) is 0 Å². The van der Waals surface area contributed by atoms with E-state index in [0.29, 0.717) is 6.54 Å². The van der Waals surface area contributed by atoms with Crippen LogP contribution in [0.15, 0.2) is 18.3 Å². The summed E-state index contributed by atoms with van der Waals surface area (Å²) in [7, 11) is 0. The number of nitrogens with zero attached hydrogens (tertiary/aromatic N) is 2. The second-order valence-electron chi connectivity index (χ2n) is 3.72. The van der Waals surface area contributed by atoms with Crippen LogP contribution >= 0.6 is 0 Å². The van der Waals surface area contributed by atoms with Crippen LogP contribution in [0, 0.1) is 0 Å². The quantitative estimate of drug-likeness (QED) is 0.780. The van der Waals surface area contributed by atoms with Gasteiger partial charge in [-0.25, -0.2) is 4.98 Å². The van der Waals surface area contributed by atoms with Gasteiger partial charge >= 0.3 is 0 Å². The Balaban J connectivity index is 2.21. The summed E-state index contributed by atoms with van der Waals surface area (Å²) in [6.45, 7) is 3.00. The van der Waals surface area contributed by atoms with Crippen molar-refractivity contribution in [1.29, 1.82) is 0 Å².